The van der Waals surface area contributed by atoms with E-state index in [0.717, 1.165) is 17.9 Å². The van der Waals surface area contributed by atoms with Crippen LogP contribution >= 0.6 is 0 Å². The van der Waals surface area contributed by atoms with Crippen LogP contribution in [0.2, 0.25) is 0 Å². The molecule has 1 saturated heterocycles. The summed E-state index contributed by atoms with van der Waals surface area (Å²) in [5, 5.41) is 0. The fourth-order valence-corrected chi connectivity index (χ4v) is 2.78. The molecular formula is C9H15N3O2S. The first-order valence-corrected chi connectivity index (χ1v) is 6.78. The van der Waals surface area contributed by atoms with E-state index in [4.69, 9.17) is 0 Å². The van der Waals surface area contributed by atoms with Crippen molar-refractivity contribution in [2.75, 3.05) is 19.3 Å². The molecule has 15 heavy (non-hydrogen) atoms. The summed E-state index contributed by atoms with van der Waals surface area (Å²) in [6, 6.07) is 0. The minimum atomic E-state index is -3.04. The van der Waals surface area contributed by atoms with Crippen LogP contribution in [0.25, 0.3) is 0 Å². The van der Waals surface area contributed by atoms with E-state index in [-0.39, 0.29) is 5.92 Å². The number of aryl methyl sites for hydroxylation is 1. The van der Waals surface area contributed by atoms with Gasteiger partial charge < -0.3 is 4.98 Å². The molecule has 1 aliphatic heterocycles. The van der Waals surface area contributed by atoms with Crippen molar-refractivity contribution in [3.8, 4) is 0 Å². The van der Waals surface area contributed by atoms with Gasteiger partial charge in [0.25, 0.3) is 0 Å². The highest BCUT2D eigenvalue weighted by Gasteiger charge is 2.30. The van der Waals surface area contributed by atoms with Gasteiger partial charge in [-0.15, -0.1) is 0 Å². The van der Waals surface area contributed by atoms with Gasteiger partial charge in [-0.25, -0.2) is 17.7 Å². The van der Waals surface area contributed by atoms with Gasteiger partial charge in [-0.3, -0.25) is 0 Å². The highest BCUT2D eigenvalue weighted by atomic mass is 32.2. The van der Waals surface area contributed by atoms with Gasteiger partial charge in [0.1, 0.15) is 5.82 Å². The Morgan fingerprint density at radius 2 is 2.33 bits per heavy atom. The van der Waals surface area contributed by atoms with Gasteiger partial charge in [0.15, 0.2) is 0 Å². The number of hydrogen-bond acceptors (Lipinski definition) is 3. The third kappa shape index (κ3) is 2.21. The van der Waals surface area contributed by atoms with Gasteiger partial charge >= 0.3 is 0 Å². The van der Waals surface area contributed by atoms with E-state index in [0.29, 0.717) is 13.1 Å². The summed E-state index contributed by atoms with van der Waals surface area (Å²) in [7, 11) is -3.04. The lowest BCUT2D eigenvalue weighted by molar-refractivity contribution is 0.477. The number of nitrogens with one attached hydrogen (secondary N) is 1. The van der Waals surface area contributed by atoms with Crippen LogP contribution in [0.1, 0.15) is 23.9 Å². The van der Waals surface area contributed by atoms with Crippen LogP contribution in [0, 0.1) is 6.92 Å². The third-order valence-electron chi connectivity index (χ3n) is 2.73. The van der Waals surface area contributed by atoms with Crippen molar-refractivity contribution in [2.24, 2.45) is 0 Å². The topological polar surface area (TPSA) is 66.1 Å². The summed E-state index contributed by atoms with van der Waals surface area (Å²) >= 11 is 0. The summed E-state index contributed by atoms with van der Waals surface area (Å²) in [6.45, 7) is 3.09. The number of aromatic nitrogens is 2. The van der Waals surface area contributed by atoms with Crippen LogP contribution < -0.4 is 0 Å². The van der Waals surface area contributed by atoms with E-state index in [2.05, 4.69) is 9.97 Å². The van der Waals surface area contributed by atoms with Crippen molar-refractivity contribution in [1.29, 1.82) is 0 Å². The minimum absolute atomic E-state index is 0.216. The molecule has 0 unspecified atom stereocenters. The normalized spacial score (nSPS) is 23.5. The van der Waals surface area contributed by atoms with Gasteiger partial charge in [-0.2, -0.15) is 0 Å². The zero-order valence-corrected chi connectivity index (χ0v) is 9.71. The van der Waals surface area contributed by atoms with Gasteiger partial charge in [0, 0.05) is 30.9 Å². The van der Waals surface area contributed by atoms with Crippen molar-refractivity contribution in [1.82, 2.24) is 14.3 Å². The van der Waals surface area contributed by atoms with E-state index < -0.39 is 10.0 Å². The first kappa shape index (κ1) is 10.6. The molecule has 1 aromatic rings. The zero-order chi connectivity index (χ0) is 11.1. The number of imidazole rings is 1. The number of rotatable bonds is 2. The van der Waals surface area contributed by atoms with E-state index >= 15 is 0 Å². The Balaban J connectivity index is 2.11. The SMILES string of the molecule is Cc1cnc([C@H]2CCN(S(C)(=O)=O)C2)[nH]1. The molecule has 2 rings (SSSR count). The molecule has 84 valence electrons. The molecule has 0 bridgehead atoms. The minimum Gasteiger partial charge on any atom is -0.346 e. The Bertz CT molecular complexity index is 452. The predicted octanol–water partition coefficient (Wildman–Crippen LogP) is 0.467. The lowest BCUT2D eigenvalue weighted by Crippen LogP contribution is -2.27. The van der Waals surface area contributed by atoms with Crippen molar-refractivity contribution in [2.45, 2.75) is 19.3 Å². The second-order valence-corrected chi connectivity index (χ2v) is 6.04. The number of sulfonamides is 1. The second-order valence-electron chi connectivity index (χ2n) is 4.06. The molecule has 1 N–H and O–H groups in total. The number of hydrogen-bond donors (Lipinski definition) is 1. The van der Waals surface area contributed by atoms with Gasteiger partial charge in [0.2, 0.25) is 10.0 Å². The summed E-state index contributed by atoms with van der Waals surface area (Å²) in [5.41, 5.74) is 1.02. The van der Waals surface area contributed by atoms with Crippen LogP contribution in [0.3, 0.4) is 0 Å². The molecule has 0 saturated carbocycles. The summed E-state index contributed by atoms with van der Waals surface area (Å²) in [5.74, 6) is 1.12. The molecule has 1 fully saturated rings. The standard InChI is InChI=1S/C9H15N3O2S/c1-7-5-10-9(11-7)8-3-4-12(6-8)15(2,13)14/h5,8H,3-4,6H2,1-2H3,(H,10,11)/t8-/m0/s1. The first-order chi connectivity index (χ1) is 6.97. The maximum atomic E-state index is 11.3. The summed E-state index contributed by atoms with van der Waals surface area (Å²) in [4.78, 5) is 7.39. The molecule has 0 spiro atoms. The third-order valence-corrected chi connectivity index (χ3v) is 4.00. The average molecular weight is 229 g/mol. The smallest absolute Gasteiger partial charge is 0.211 e. The van der Waals surface area contributed by atoms with Crippen molar-refractivity contribution in [3.63, 3.8) is 0 Å². The Hall–Kier alpha value is -0.880. The summed E-state index contributed by atoms with van der Waals surface area (Å²) < 4.78 is 24.1. The molecule has 5 nitrogen and oxygen atoms in total. The highest BCUT2D eigenvalue weighted by Crippen LogP contribution is 2.26. The molecule has 0 aliphatic carbocycles. The molecule has 0 amide bonds. The monoisotopic (exact) mass is 229 g/mol. The predicted molar refractivity (Wildman–Crippen MR) is 57.1 cm³/mol. The molecule has 1 aliphatic rings. The number of nitrogens with zero attached hydrogens (tertiary/aromatic N) is 2. The van der Waals surface area contributed by atoms with E-state index in [1.54, 1.807) is 6.20 Å². The number of H-pyrrole nitrogens is 1. The van der Waals surface area contributed by atoms with Crippen LogP contribution in [0.5, 0.6) is 0 Å². The molecule has 1 atom stereocenters. The fourth-order valence-electron chi connectivity index (χ4n) is 1.89. The van der Waals surface area contributed by atoms with Gasteiger partial charge in [-0.1, -0.05) is 0 Å². The Labute approximate surface area is 89.6 Å². The zero-order valence-electron chi connectivity index (χ0n) is 8.90. The van der Waals surface area contributed by atoms with Crippen LogP contribution in [0.15, 0.2) is 6.20 Å². The van der Waals surface area contributed by atoms with Gasteiger partial charge in [0.05, 0.1) is 6.26 Å². The molecule has 6 heteroatoms. The van der Waals surface area contributed by atoms with Gasteiger partial charge in [-0.05, 0) is 13.3 Å². The second kappa shape index (κ2) is 3.61. The van der Waals surface area contributed by atoms with E-state index in [1.165, 1.54) is 10.6 Å². The maximum Gasteiger partial charge on any atom is 0.211 e. The number of aromatic amines is 1. The molecular weight excluding hydrogens is 214 g/mol. The molecule has 0 radical (unpaired) electrons. The van der Waals surface area contributed by atoms with Crippen molar-refractivity contribution >= 4 is 10.0 Å². The van der Waals surface area contributed by atoms with Crippen molar-refractivity contribution in [3.05, 3.63) is 17.7 Å². The highest BCUT2D eigenvalue weighted by molar-refractivity contribution is 7.88. The Kier molecular flexibility index (Phi) is 2.56. The molecule has 1 aromatic heterocycles. The largest absolute Gasteiger partial charge is 0.346 e. The first-order valence-electron chi connectivity index (χ1n) is 4.93. The average Bonchev–Trinajstić information content (AvgIpc) is 2.69. The molecule has 2 heterocycles. The maximum absolute atomic E-state index is 11.3. The quantitative estimate of drug-likeness (QED) is 0.801. The van der Waals surface area contributed by atoms with Crippen LogP contribution in [-0.2, 0) is 10.0 Å². The van der Waals surface area contributed by atoms with E-state index in [1.807, 2.05) is 6.92 Å². The lowest BCUT2D eigenvalue weighted by atomic mass is 10.1. The fraction of sp³-hybridized carbons (Fsp3) is 0.667. The van der Waals surface area contributed by atoms with Crippen molar-refractivity contribution < 1.29 is 8.42 Å². The molecule has 0 aromatic carbocycles. The summed E-state index contributed by atoms with van der Waals surface area (Å²) in [6.07, 6.45) is 3.88. The lowest BCUT2D eigenvalue weighted by Gasteiger charge is -2.11. The van der Waals surface area contributed by atoms with E-state index in [9.17, 15) is 8.42 Å². The van der Waals surface area contributed by atoms with Crippen LogP contribution in [0.4, 0.5) is 0 Å². The Morgan fingerprint density at radius 3 is 2.80 bits per heavy atom. The van der Waals surface area contributed by atoms with Crippen LogP contribution in [-0.4, -0.2) is 42.0 Å². The Morgan fingerprint density at radius 1 is 1.60 bits per heavy atom.